The van der Waals surface area contributed by atoms with Crippen molar-refractivity contribution in [3.8, 4) is 11.5 Å². The second-order valence-electron chi connectivity index (χ2n) is 10.8. The Balaban J connectivity index is 1.45. The molecule has 1 aliphatic carbocycles. The van der Waals surface area contributed by atoms with E-state index in [0.29, 0.717) is 59.3 Å². The van der Waals surface area contributed by atoms with E-state index in [0.717, 1.165) is 24.1 Å². The lowest BCUT2D eigenvalue weighted by atomic mass is 9.73. The number of aryl methyl sites for hydroxylation is 1. The Bertz CT molecular complexity index is 1310. The van der Waals surface area contributed by atoms with E-state index >= 15 is 0 Å². The second kappa shape index (κ2) is 11.3. The lowest BCUT2D eigenvalue weighted by molar-refractivity contribution is -0.142. The highest BCUT2D eigenvalue weighted by atomic mass is 16.6. The Hall–Kier alpha value is -3.52. The number of benzene rings is 1. The molecule has 1 aromatic heterocycles. The van der Waals surface area contributed by atoms with Gasteiger partial charge in [0, 0.05) is 30.0 Å². The number of allylic oxidation sites excluding steroid dienone is 3. The van der Waals surface area contributed by atoms with Crippen molar-refractivity contribution in [2.45, 2.75) is 77.4 Å². The van der Waals surface area contributed by atoms with Gasteiger partial charge in [-0.2, -0.15) is 0 Å². The number of rotatable bonds is 8. The summed E-state index contributed by atoms with van der Waals surface area (Å²) in [6.07, 6.45) is 2.68. The number of dihydropyridines is 1. The minimum Gasteiger partial charge on any atom is -0.493 e. The third-order valence-corrected chi connectivity index (χ3v) is 7.54. The van der Waals surface area contributed by atoms with Crippen molar-refractivity contribution in [2.24, 2.45) is 0 Å². The molecule has 2 aromatic rings. The maximum atomic E-state index is 13.8. The van der Waals surface area contributed by atoms with Crippen LogP contribution in [0.1, 0.15) is 75.4 Å². The van der Waals surface area contributed by atoms with Crippen LogP contribution in [0.4, 0.5) is 0 Å². The molecule has 3 aliphatic rings. The lowest BCUT2D eigenvalue weighted by Gasteiger charge is -2.36. The van der Waals surface area contributed by atoms with E-state index in [2.05, 4.69) is 5.32 Å². The van der Waals surface area contributed by atoms with Gasteiger partial charge in [0.15, 0.2) is 17.3 Å². The SMILES string of the molecule is COc1cc([C@@H]2CC(=O)C3=C(C2)NC(C)=C(C(=O)OC[C@H]2CCCO2)[C@H]3c2ccc(C)o2)ccc1OC(C)C. The number of methoxy groups -OCH3 is 1. The number of ketones is 1. The molecule has 0 radical (unpaired) electrons. The summed E-state index contributed by atoms with van der Waals surface area (Å²) >= 11 is 0. The van der Waals surface area contributed by atoms with E-state index in [1.165, 1.54) is 0 Å². The fourth-order valence-corrected chi connectivity index (χ4v) is 5.75. The number of carbonyl (C=O) groups excluding carboxylic acids is 2. The van der Waals surface area contributed by atoms with Crippen LogP contribution in [0.2, 0.25) is 0 Å². The summed E-state index contributed by atoms with van der Waals surface area (Å²) in [7, 11) is 1.62. The van der Waals surface area contributed by atoms with E-state index in [1.807, 2.05) is 58.0 Å². The summed E-state index contributed by atoms with van der Waals surface area (Å²) < 4.78 is 28.8. The first-order valence-corrected chi connectivity index (χ1v) is 13.7. The van der Waals surface area contributed by atoms with Crippen LogP contribution >= 0.6 is 0 Å². The zero-order valence-corrected chi connectivity index (χ0v) is 23.3. The normalized spacial score (nSPS) is 23.1. The first kappa shape index (κ1) is 27.1. The van der Waals surface area contributed by atoms with E-state index < -0.39 is 11.9 Å². The highest BCUT2D eigenvalue weighted by Crippen LogP contribution is 2.47. The van der Waals surface area contributed by atoms with Crippen LogP contribution < -0.4 is 14.8 Å². The van der Waals surface area contributed by atoms with Crippen molar-refractivity contribution >= 4 is 11.8 Å². The van der Waals surface area contributed by atoms with Crippen molar-refractivity contribution < 1.29 is 33.0 Å². The van der Waals surface area contributed by atoms with Crippen molar-refractivity contribution in [1.29, 1.82) is 0 Å². The number of hydrogen-bond donors (Lipinski definition) is 1. The summed E-state index contributed by atoms with van der Waals surface area (Å²) in [5, 5.41) is 3.39. The molecule has 0 unspecified atom stereocenters. The Labute approximate surface area is 229 Å². The van der Waals surface area contributed by atoms with Crippen molar-refractivity contribution in [2.75, 3.05) is 20.3 Å². The number of hydrogen-bond acceptors (Lipinski definition) is 8. The van der Waals surface area contributed by atoms with Gasteiger partial charge in [0.2, 0.25) is 0 Å². The third kappa shape index (κ3) is 5.62. The predicted octanol–water partition coefficient (Wildman–Crippen LogP) is 5.47. The molecule has 1 fully saturated rings. The largest absolute Gasteiger partial charge is 0.493 e. The van der Waals surface area contributed by atoms with Gasteiger partial charge in [-0.1, -0.05) is 6.07 Å². The van der Waals surface area contributed by atoms with Crippen LogP contribution in [0.25, 0.3) is 0 Å². The molecule has 8 nitrogen and oxygen atoms in total. The van der Waals surface area contributed by atoms with Crippen LogP contribution in [-0.4, -0.2) is 44.3 Å². The van der Waals surface area contributed by atoms with Crippen LogP contribution in [0, 0.1) is 6.92 Å². The quantitative estimate of drug-likeness (QED) is 0.445. The number of esters is 1. The molecule has 0 spiro atoms. The van der Waals surface area contributed by atoms with Crippen LogP contribution in [0.15, 0.2) is 57.3 Å². The van der Waals surface area contributed by atoms with Crippen molar-refractivity contribution in [3.63, 3.8) is 0 Å². The van der Waals surface area contributed by atoms with E-state index in [-0.39, 0.29) is 30.5 Å². The molecule has 208 valence electrons. The molecular formula is C31H37NO7. The first-order chi connectivity index (χ1) is 18.7. The smallest absolute Gasteiger partial charge is 0.336 e. The zero-order valence-electron chi connectivity index (χ0n) is 23.3. The van der Waals surface area contributed by atoms with Crippen molar-refractivity contribution in [1.82, 2.24) is 5.32 Å². The molecule has 3 atom stereocenters. The van der Waals surface area contributed by atoms with Crippen molar-refractivity contribution in [3.05, 3.63) is 70.0 Å². The Morgan fingerprint density at radius 1 is 1.13 bits per heavy atom. The molecular weight excluding hydrogens is 498 g/mol. The van der Waals surface area contributed by atoms with Gasteiger partial charge < -0.3 is 28.7 Å². The minimum atomic E-state index is -0.628. The molecule has 39 heavy (non-hydrogen) atoms. The molecule has 3 heterocycles. The van der Waals surface area contributed by atoms with Gasteiger partial charge in [0.25, 0.3) is 0 Å². The molecule has 1 N–H and O–H groups in total. The number of ether oxygens (including phenoxy) is 4. The van der Waals surface area contributed by atoms with Gasteiger partial charge in [-0.25, -0.2) is 4.79 Å². The molecule has 8 heteroatoms. The van der Waals surface area contributed by atoms with E-state index in [1.54, 1.807) is 7.11 Å². The maximum Gasteiger partial charge on any atom is 0.336 e. The van der Waals surface area contributed by atoms with E-state index in [4.69, 9.17) is 23.4 Å². The molecule has 1 aromatic carbocycles. The topological polar surface area (TPSA) is 96.2 Å². The Morgan fingerprint density at radius 3 is 2.62 bits per heavy atom. The Morgan fingerprint density at radius 2 is 1.95 bits per heavy atom. The lowest BCUT2D eigenvalue weighted by Crippen LogP contribution is -2.36. The molecule has 5 rings (SSSR count). The summed E-state index contributed by atoms with van der Waals surface area (Å²) in [6, 6.07) is 9.54. The van der Waals surface area contributed by atoms with E-state index in [9.17, 15) is 9.59 Å². The maximum absolute atomic E-state index is 13.8. The zero-order chi connectivity index (χ0) is 27.7. The second-order valence-corrected chi connectivity index (χ2v) is 10.8. The van der Waals surface area contributed by atoms with Gasteiger partial charge >= 0.3 is 5.97 Å². The van der Waals surface area contributed by atoms with Gasteiger partial charge in [-0.15, -0.1) is 0 Å². The van der Waals surface area contributed by atoms with Crippen LogP contribution in [-0.2, 0) is 19.1 Å². The molecule has 1 saturated heterocycles. The van der Waals surface area contributed by atoms with Gasteiger partial charge in [-0.05, 0) is 82.7 Å². The standard InChI is InChI=1S/C31H37NO7/c1-17(2)38-25-11-9-20(15-27(25)35-5)21-13-23-29(24(33)14-21)30(26-10-8-18(3)39-26)28(19(4)32-23)31(34)37-16-22-7-6-12-36-22/h8-11,15,17,21-22,30,32H,6-7,12-14,16H2,1-5H3/t21-,22+,30+/m0/s1. The number of nitrogens with one attached hydrogen (secondary N) is 1. The fourth-order valence-electron chi connectivity index (χ4n) is 5.75. The molecule has 0 amide bonds. The fraction of sp³-hybridized carbons (Fsp3) is 0.484. The molecule has 0 saturated carbocycles. The van der Waals surface area contributed by atoms with Gasteiger partial charge in [0.1, 0.15) is 18.1 Å². The monoisotopic (exact) mass is 535 g/mol. The number of Topliss-reactive ketones (excluding diaryl/α,β-unsaturated/α-hetero) is 1. The summed E-state index contributed by atoms with van der Waals surface area (Å²) in [6.45, 7) is 8.52. The van der Waals surface area contributed by atoms with Crippen LogP contribution in [0.3, 0.4) is 0 Å². The predicted molar refractivity (Wildman–Crippen MR) is 145 cm³/mol. The minimum absolute atomic E-state index is 0.0173. The summed E-state index contributed by atoms with van der Waals surface area (Å²) in [5.74, 6) is 1.43. The van der Waals surface area contributed by atoms with Gasteiger partial charge in [0.05, 0.1) is 30.8 Å². The van der Waals surface area contributed by atoms with Crippen LogP contribution in [0.5, 0.6) is 11.5 Å². The number of carbonyl (C=O) groups is 2. The average Bonchev–Trinajstić information content (AvgIpc) is 3.58. The summed E-state index contributed by atoms with van der Waals surface area (Å²) in [5.41, 5.74) is 3.45. The number of furan rings is 1. The first-order valence-electron chi connectivity index (χ1n) is 13.7. The third-order valence-electron chi connectivity index (χ3n) is 7.54. The average molecular weight is 536 g/mol. The summed E-state index contributed by atoms with van der Waals surface area (Å²) in [4.78, 5) is 27.2. The molecule has 2 aliphatic heterocycles. The highest BCUT2D eigenvalue weighted by Gasteiger charge is 2.43. The molecule has 0 bridgehead atoms. The highest BCUT2D eigenvalue weighted by molar-refractivity contribution is 6.04. The Kier molecular flexibility index (Phi) is 7.84. The van der Waals surface area contributed by atoms with Gasteiger partial charge in [-0.3, -0.25) is 4.79 Å².